The highest BCUT2D eigenvalue weighted by Gasteiger charge is 2.31. The molecule has 102 heavy (non-hydrogen) atoms. The Morgan fingerprint density at radius 3 is 0.961 bits per heavy atom. The molecule has 20 aromatic rings. The first-order valence-electron chi connectivity index (χ1n) is 34.5. The lowest BCUT2D eigenvalue weighted by Gasteiger charge is -2.20. The second-order valence-corrected chi connectivity index (χ2v) is 31.8. The van der Waals surface area contributed by atoms with E-state index in [0.29, 0.717) is 0 Å². The number of imidazole rings is 2. The highest BCUT2D eigenvalue weighted by molar-refractivity contribution is 7.85. The summed E-state index contributed by atoms with van der Waals surface area (Å²) in [5.41, 5.74) is 17.8. The van der Waals surface area contributed by atoms with Crippen molar-refractivity contribution < 1.29 is 9.13 Å². The summed E-state index contributed by atoms with van der Waals surface area (Å²) in [6.45, 7) is 0. The van der Waals surface area contributed by atoms with Gasteiger partial charge in [-0.3, -0.25) is 8.80 Å². The summed E-state index contributed by atoms with van der Waals surface area (Å²) in [6.07, 6.45) is 0. The first kappa shape index (κ1) is 60.6. The number of hydrogen-bond acceptors (Lipinski definition) is 4. The Balaban J connectivity index is 0.000000141. The van der Waals surface area contributed by atoms with Crippen LogP contribution >= 0.6 is 14.3 Å². The van der Waals surface area contributed by atoms with E-state index in [2.05, 4.69) is 245 Å². The van der Waals surface area contributed by atoms with Crippen molar-refractivity contribution in [3.63, 3.8) is 0 Å². The van der Waals surface area contributed by atoms with Crippen LogP contribution < -0.4 is 31.8 Å². The fourth-order valence-corrected chi connectivity index (χ4v) is 20.7. The molecule has 0 atom stereocenters. The SMILES string of the molecule is O=P(c1ccccc1)(c1ccccc1)c1ccc2cc(-c3ccc(-c4ccc5c(c4)c4ccccc4c4nc6ccccc6n54)cc3)ccc2c1.O=P(c1ccccc1)(c1ccccc1)c1ccc2cc(-c3ccc(-c4ccc5c6ccccc6n6c7ccccc7nc6c5c4)cc3)ccc2c1. The van der Waals surface area contributed by atoms with Gasteiger partial charge in [-0.1, -0.05) is 303 Å². The van der Waals surface area contributed by atoms with E-state index in [0.717, 1.165) is 136 Å². The normalized spacial score (nSPS) is 12.0. The monoisotopic (exact) mass is 1340 g/mol. The van der Waals surface area contributed by atoms with Gasteiger partial charge in [-0.05, 0) is 150 Å². The summed E-state index contributed by atoms with van der Waals surface area (Å²) in [6, 6.07) is 130. The first-order valence-corrected chi connectivity index (χ1v) is 37.9. The summed E-state index contributed by atoms with van der Waals surface area (Å²) in [7, 11) is -6.08. The quantitative estimate of drug-likeness (QED) is 0.101. The predicted molar refractivity (Wildman–Crippen MR) is 431 cm³/mol. The van der Waals surface area contributed by atoms with Crippen molar-refractivity contribution in [2.45, 2.75) is 0 Å². The first-order chi connectivity index (χ1) is 50.3. The number of pyridine rings is 2. The molecule has 6 nitrogen and oxygen atoms in total. The molecule has 16 aromatic carbocycles. The Morgan fingerprint density at radius 1 is 0.196 bits per heavy atom. The third-order valence-corrected chi connectivity index (χ3v) is 26.6. The molecule has 0 aliphatic heterocycles. The van der Waals surface area contributed by atoms with Gasteiger partial charge in [0.05, 0.1) is 33.1 Å². The lowest BCUT2D eigenvalue weighted by atomic mass is 9.96. The number of benzene rings is 16. The molecule has 0 amide bonds. The molecule has 0 fully saturated rings. The molecule has 4 aromatic heterocycles. The van der Waals surface area contributed by atoms with E-state index in [4.69, 9.17) is 9.97 Å². The van der Waals surface area contributed by atoms with Crippen molar-refractivity contribution in [1.29, 1.82) is 0 Å². The minimum Gasteiger partial charge on any atom is -0.309 e. The molecule has 20 rings (SSSR count). The van der Waals surface area contributed by atoms with Crippen molar-refractivity contribution in [1.82, 2.24) is 18.8 Å². The van der Waals surface area contributed by atoms with Gasteiger partial charge < -0.3 is 9.13 Å². The molecule has 4 heterocycles. The smallest absolute Gasteiger partial charge is 0.171 e. The minimum absolute atomic E-state index is 0.841. The van der Waals surface area contributed by atoms with Crippen molar-refractivity contribution in [2.24, 2.45) is 0 Å². The van der Waals surface area contributed by atoms with Crippen molar-refractivity contribution >= 4 is 144 Å². The van der Waals surface area contributed by atoms with Crippen LogP contribution in [-0.2, 0) is 9.13 Å². The molecule has 0 saturated carbocycles. The van der Waals surface area contributed by atoms with Crippen LogP contribution in [-0.4, -0.2) is 18.8 Å². The van der Waals surface area contributed by atoms with Gasteiger partial charge in [0, 0.05) is 53.4 Å². The predicted octanol–water partition coefficient (Wildman–Crippen LogP) is 21.8. The standard InChI is InChI=1S/2C47H31N2OP/c50-51(38-11-3-1-4-12-38,39-13-5-2-6-14-39)40-27-25-35-29-34(23-24-36(35)30-40)32-19-21-33(22-20-32)37-26-28-41-42-15-7-9-17-45(42)49-46-18-10-8-16-44(46)48-47(49)43(41)31-37;50-51(38-11-3-1-4-12-38,39-13-5-2-6-14-39)40-27-25-35-29-34(23-24-36(35)30-40)32-19-21-33(22-20-32)37-26-28-45-43(31-37)41-15-7-8-16-42(41)47-48-44-17-9-10-18-46(44)49(45)47/h2*1-31H. The molecule has 480 valence electrons. The van der Waals surface area contributed by atoms with E-state index in [1.54, 1.807) is 0 Å². The molecule has 8 heteroatoms. The van der Waals surface area contributed by atoms with Crippen LogP contribution in [0.15, 0.2) is 376 Å². The van der Waals surface area contributed by atoms with E-state index in [1.807, 2.05) is 140 Å². The number of nitrogens with zero attached hydrogens (tertiary/aromatic N) is 4. The third kappa shape index (κ3) is 10.2. The highest BCUT2D eigenvalue weighted by Crippen LogP contribution is 2.46. The van der Waals surface area contributed by atoms with Gasteiger partial charge in [0.2, 0.25) is 0 Å². The minimum atomic E-state index is -3.04. The Labute approximate surface area is 589 Å². The molecular weight excluding hydrogens is 1280 g/mol. The molecule has 0 radical (unpaired) electrons. The number of rotatable bonds is 10. The van der Waals surface area contributed by atoms with Gasteiger partial charge >= 0.3 is 0 Å². The summed E-state index contributed by atoms with van der Waals surface area (Å²) < 4.78 is 34.5. The van der Waals surface area contributed by atoms with Gasteiger partial charge in [0.15, 0.2) is 14.3 Å². The summed E-state index contributed by atoms with van der Waals surface area (Å²) >= 11 is 0. The van der Waals surface area contributed by atoms with Crippen LogP contribution in [0.25, 0.3) is 143 Å². The van der Waals surface area contributed by atoms with Crippen LogP contribution in [0.5, 0.6) is 0 Å². The average molecular weight is 1340 g/mol. The average Bonchev–Trinajstić information content (AvgIpc) is 1.63. The second kappa shape index (κ2) is 24.7. The molecule has 0 unspecified atom stereocenters. The number of hydrogen-bond donors (Lipinski definition) is 0. The molecule has 0 saturated heterocycles. The van der Waals surface area contributed by atoms with Crippen molar-refractivity contribution in [3.8, 4) is 44.5 Å². The number of para-hydroxylation sites is 5. The Kier molecular flexibility index (Phi) is 14.7. The molecule has 0 bridgehead atoms. The van der Waals surface area contributed by atoms with E-state index < -0.39 is 14.3 Å². The number of fused-ring (bicyclic) bond motifs is 18. The largest absolute Gasteiger partial charge is 0.309 e. The topological polar surface area (TPSA) is 68.7 Å². The van der Waals surface area contributed by atoms with E-state index in [-0.39, 0.29) is 0 Å². The number of aromatic nitrogens is 4. The molecule has 0 aliphatic rings. The lowest BCUT2D eigenvalue weighted by molar-refractivity contribution is 0.591. The Hall–Kier alpha value is -12.6. The fraction of sp³-hybridized carbons (Fsp3) is 0. The Bertz CT molecular complexity index is 6700. The molecule has 0 aliphatic carbocycles. The van der Waals surface area contributed by atoms with Gasteiger partial charge in [-0.15, -0.1) is 0 Å². The van der Waals surface area contributed by atoms with E-state index in [1.165, 1.54) is 38.2 Å². The highest BCUT2D eigenvalue weighted by atomic mass is 31.2. The zero-order valence-corrected chi connectivity index (χ0v) is 57.1. The van der Waals surface area contributed by atoms with Crippen LogP contribution in [0.4, 0.5) is 0 Å². The van der Waals surface area contributed by atoms with Crippen molar-refractivity contribution in [3.05, 3.63) is 376 Å². The Morgan fingerprint density at radius 2 is 0.500 bits per heavy atom. The molecular formula is C94H62N4O2P2. The fourth-order valence-electron chi connectivity index (χ4n) is 15.4. The molecule has 0 spiro atoms. The van der Waals surface area contributed by atoms with Crippen LogP contribution in [0.3, 0.4) is 0 Å². The van der Waals surface area contributed by atoms with Gasteiger partial charge in [0.1, 0.15) is 11.3 Å². The second-order valence-electron chi connectivity index (χ2n) is 26.3. The summed E-state index contributed by atoms with van der Waals surface area (Å²) in [4.78, 5) is 10.1. The van der Waals surface area contributed by atoms with Crippen LogP contribution in [0, 0.1) is 0 Å². The maximum atomic E-state index is 14.9. The van der Waals surface area contributed by atoms with Gasteiger partial charge in [0.25, 0.3) is 0 Å². The van der Waals surface area contributed by atoms with Gasteiger partial charge in [-0.25, -0.2) is 9.97 Å². The zero-order chi connectivity index (χ0) is 67.9. The summed E-state index contributed by atoms with van der Waals surface area (Å²) in [5.74, 6) is 0. The summed E-state index contributed by atoms with van der Waals surface area (Å²) in [5, 5.41) is 16.6. The maximum absolute atomic E-state index is 14.9. The zero-order valence-electron chi connectivity index (χ0n) is 55.3. The van der Waals surface area contributed by atoms with E-state index in [9.17, 15) is 9.13 Å². The van der Waals surface area contributed by atoms with Crippen LogP contribution in [0.1, 0.15) is 0 Å². The van der Waals surface area contributed by atoms with E-state index >= 15 is 0 Å². The third-order valence-electron chi connectivity index (χ3n) is 20.5. The van der Waals surface area contributed by atoms with Crippen LogP contribution in [0.2, 0.25) is 0 Å². The van der Waals surface area contributed by atoms with Gasteiger partial charge in [-0.2, -0.15) is 0 Å². The van der Waals surface area contributed by atoms with Crippen molar-refractivity contribution in [2.75, 3.05) is 0 Å². The lowest BCUT2D eigenvalue weighted by Crippen LogP contribution is -2.24. The molecule has 0 N–H and O–H groups in total. The maximum Gasteiger partial charge on any atom is 0.171 e.